The van der Waals surface area contributed by atoms with E-state index in [9.17, 15) is 22.8 Å². The minimum absolute atomic E-state index is 0.0160. The van der Waals surface area contributed by atoms with E-state index in [1.54, 1.807) is 6.07 Å². The molecule has 0 aliphatic heterocycles. The molecule has 0 aromatic heterocycles. The van der Waals surface area contributed by atoms with Crippen LogP contribution in [-0.2, 0) is 16.0 Å². The maximum Gasteiger partial charge on any atom is 0.422 e. The first-order chi connectivity index (χ1) is 10.8. The number of alkyl halides is 3. The maximum absolute atomic E-state index is 12.1. The van der Waals surface area contributed by atoms with Crippen molar-refractivity contribution < 1.29 is 32.6 Å². The summed E-state index contributed by atoms with van der Waals surface area (Å²) < 4.78 is 40.9. The highest BCUT2D eigenvalue weighted by Crippen LogP contribution is 2.19. The van der Waals surface area contributed by atoms with Crippen molar-refractivity contribution in [2.45, 2.75) is 31.9 Å². The highest BCUT2D eigenvalue weighted by molar-refractivity contribution is 5.78. The third-order valence-electron chi connectivity index (χ3n) is 2.81. The number of carboxylic acid groups (broad SMARTS) is 1. The zero-order valence-electron chi connectivity index (χ0n) is 12.4. The molecule has 0 saturated heterocycles. The van der Waals surface area contributed by atoms with Crippen LogP contribution in [0.3, 0.4) is 0 Å². The monoisotopic (exact) mass is 333 g/mol. The SMILES string of the molecule is O=C(O)CCCCNC(=O)Cc1cccc(OCC(F)(F)F)c1. The number of carbonyl (C=O) groups excluding carboxylic acids is 1. The van der Waals surface area contributed by atoms with Gasteiger partial charge in [0.15, 0.2) is 6.61 Å². The molecule has 0 aliphatic rings. The van der Waals surface area contributed by atoms with Gasteiger partial charge in [-0.15, -0.1) is 0 Å². The van der Waals surface area contributed by atoms with Gasteiger partial charge in [0.2, 0.25) is 5.91 Å². The zero-order chi connectivity index (χ0) is 17.3. The largest absolute Gasteiger partial charge is 0.484 e. The molecule has 0 atom stereocenters. The van der Waals surface area contributed by atoms with Crippen LogP contribution in [0.15, 0.2) is 24.3 Å². The second kappa shape index (κ2) is 9.02. The van der Waals surface area contributed by atoms with Crippen LogP contribution in [0.4, 0.5) is 13.2 Å². The smallest absolute Gasteiger partial charge is 0.422 e. The van der Waals surface area contributed by atoms with E-state index in [0.29, 0.717) is 24.9 Å². The van der Waals surface area contributed by atoms with Crippen molar-refractivity contribution in [3.8, 4) is 5.75 Å². The summed E-state index contributed by atoms with van der Waals surface area (Å²) in [6, 6.07) is 5.90. The molecular weight excluding hydrogens is 315 g/mol. The van der Waals surface area contributed by atoms with Crippen LogP contribution in [0.25, 0.3) is 0 Å². The molecule has 0 bridgehead atoms. The molecular formula is C15H18F3NO4. The van der Waals surface area contributed by atoms with Gasteiger partial charge in [-0.3, -0.25) is 9.59 Å². The molecule has 0 radical (unpaired) electrons. The van der Waals surface area contributed by atoms with Gasteiger partial charge in [-0.2, -0.15) is 13.2 Å². The Morgan fingerprint density at radius 3 is 2.61 bits per heavy atom. The predicted molar refractivity (Wildman–Crippen MR) is 76.2 cm³/mol. The molecule has 1 rings (SSSR count). The molecule has 1 amide bonds. The van der Waals surface area contributed by atoms with E-state index in [1.165, 1.54) is 18.2 Å². The molecule has 0 saturated carbocycles. The minimum atomic E-state index is -4.41. The van der Waals surface area contributed by atoms with Crippen molar-refractivity contribution in [1.29, 1.82) is 0 Å². The molecule has 5 nitrogen and oxygen atoms in total. The Labute approximate surface area is 131 Å². The summed E-state index contributed by atoms with van der Waals surface area (Å²) >= 11 is 0. The zero-order valence-corrected chi connectivity index (χ0v) is 12.4. The van der Waals surface area contributed by atoms with Crippen LogP contribution >= 0.6 is 0 Å². The van der Waals surface area contributed by atoms with Gasteiger partial charge in [-0.25, -0.2) is 0 Å². The number of aliphatic carboxylic acids is 1. The number of benzene rings is 1. The fourth-order valence-electron chi connectivity index (χ4n) is 1.79. The summed E-state index contributed by atoms with van der Waals surface area (Å²) in [5.41, 5.74) is 0.535. The number of nitrogens with one attached hydrogen (secondary N) is 1. The molecule has 0 fully saturated rings. The average Bonchev–Trinajstić information content (AvgIpc) is 2.44. The third kappa shape index (κ3) is 9.38. The van der Waals surface area contributed by atoms with Crippen LogP contribution in [-0.4, -0.2) is 36.3 Å². The van der Waals surface area contributed by atoms with Gasteiger partial charge >= 0.3 is 12.1 Å². The van der Waals surface area contributed by atoms with Gasteiger partial charge in [0.25, 0.3) is 0 Å². The van der Waals surface area contributed by atoms with Crippen LogP contribution in [0, 0.1) is 0 Å². The third-order valence-corrected chi connectivity index (χ3v) is 2.81. The lowest BCUT2D eigenvalue weighted by atomic mass is 10.1. The lowest BCUT2D eigenvalue weighted by molar-refractivity contribution is -0.153. The minimum Gasteiger partial charge on any atom is -0.484 e. The summed E-state index contributed by atoms with van der Waals surface area (Å²) in [5.74, 6) is -1.12. The van der Waals surface area contributed by atoms with Gasteiger partial charge < -0.3 is 15.2 Å². The molecule has 0 heterocycles. The average molecular weight is 333 g/mol. The van der Waals surface area contributed by atoms with Crippen molar-refractivity contribution in [2.75, 3.05) is 13.2 Å². The normalized spacial score (nSPS) is 11.1. The lowest BCUT2D eigenvalue weighted by Gasteiger charge is -2.10. The quantitative estimate of drug-likeness (QED) is 0.681. The molecule has 2 N–H and O–H groups in total. The van der Waals surface area contributed by atoms with E-state index < -0.39 is 18.8 Å². The number of carboxylic acids is 1. The van der Waals surface area contributed by atoms with E-state index in [4.69, 9.17) is 5.11 Å². The Morgan fingerprint density at radius 2 is 1.96 bits per heavy atom. The van der Waals surface area contributed by atoms with Crippen LogP contribution < -0.4 is 10.1 Å². The van der Waals surface area contributed by atoms with Crippen LogP contribution in [0.1, 0.15) is 24.8 Å². The fourth-order valence-corrected chi connectivity index (χ4v) is 1.79. The molecule has 0 unspecified atom stereocenters. The number of amides is 1. The second-order valence-corrected chi connectivity index (χ2v) is 4.93. The molecule has 8 heteroatoms. The Bertz CT molecular complexity index is 532. The lowest BCUT2D eigenvalue weighted by Crippen LogP contribution is -2.26. The van der Waals surface area contributed by atoms with Gasteiger partial charge in [0.1, 0.15) is 5.75 Å². The standard InChI is InChI=1S/C15H18F3NO4/c16-15(17,18)10-23-12-5-3-4-11(8-12)9-13(20)19-7-2-1-6-14(21)22/h3-5,8H,1-2,6-7,9-10H2,(H,19,20)(H,21,22). The van der Waals surface area contributed by atoms with E-state index in [-0.39, 0.29) is 24.5 Å². The summed E-state index contributed by atoms with van der Waals surface area (Å²) in [6.07, 6.45) is -3.33. The maximum atomic E-state index is 12.1. The van der Waals surface area contributed by atoms with E-state index in [2.05, 4.69) is 10.1 Å². The van der Waals surface area contributed by atoms with Crippen LogP contribution in [0.2, 0.25) is 0 Å². The van der Waals surface area contributed by atoms with Crippen molar-refractivity contribution in [3.05, 3.63) is 29.8 Å². The number of halogens is 3. The van der Waals surface area contributed by atoms with E-state index in [0.717, 1.165) is 0 Å². The molecule has 0 spiro atoms. The number of hydrogen-bond acceptors (Lipinski definition) is 3. The number of hydrogen-bond donors (Lipinski definition) is 2. The Balaban J connectivity index is 2.35. The Kier molecular flexibility index (Phi) is 7.37. The summed E-state index contributed by atoms with van der Waals surface area (Å²) in [4.78, 5) is 22.0. The first-order valence-electron chi connectivity index (χ1n) is 7.03. The summed E-state index contributed by atoms with van der Waals surface area (Å²) in [5, 5.41) is 11.1. The first-order valence-corrected chi connectivity index (χ1v) is 7.03. The second-order valence-electron chi connectivity index (χ2n) is 4.93. The van der Waals surface area contributed by atoms with Gasteiger partial charge in [-0.1, -0.05) is 12.1 Å². The van der Waals surface area contributed by atoms with Crippen LogP contribution in [0.5, 0.6) is 5.75 Å². The number of rotatable bonds is 9. The fraction of sp³-hybridized carbons (Fsp3) is 0.467. The topological polar surface area (TPSA) is 75.6 Å². The van der Waals surface area contributed by atoms with Gasteiger partial charge in [0, 0.05) is 13.0 Å². The summed E-state index contributed by atoms with van der Waals surface area (Å²) in [6.45, 7) is -1.03. The molecule has 1 aromatic carbocycles. The molecule has 23 heavy (non-hydrogen) atoms. The number of ether oxygens (including phenoxy) is 1. The van der Waals surface area contributed by atoms with Crippen molar-refractivity contribution >= 4 is 11.9 Å². The predicted octanol–water partition coefficient (Wildman–Crippen LogP) is 2.54. The van der Waals surface area contributed by atoms with Crippen molar-refractivity contribution in [2.24, 2.45) is 0 Å². The van der Waals surface area contributed by atoms with E-state index in [1.807, 2.05) is 0 Å². The molecule has 1 aromatic rings. The number of unbranched alkanes of at least 4 members (excludes halogenated alkanes) is 1. The van der Waals surface area contributed by atoms with Crippen molar-refractivity contribution in [1.82, 2.24) is 5.32 Å². The number of carbonyl (C=O) groups is 2. The van der Waals surface area contributed by atoms with Gasteiger partial charge in [-0.05, 0) is 30.5 Å². The van der Waals surface area contributed by atoms with Gasteiger partial charge in [0.05, 0.1) is 6.42 Å². The highest BCUT2D eigenvalue weighted by Gasteiger charge is 2.28. The Hall–Kier alpha value is -2.25. The van der Waals surface area contributed by atoms with E-state index >= 15 is 0 Å². The summed E-state index contributed by atoms with van der Waals surface area (Å²) in [7, 11) is 0. The Morgan fingerprint density at radius 1 is 1.22 bits per heavy atom. The first kappa shape index (κ1) is 18.8. The highest BCUT2D eigenvalue weighted by atomic mass is 19.4. The van der Waals surface area contributed by atoms with Crippen molar-refractivity contribution in [3.63, 3.8) is 0 Å². The molecule has 0 aliphatic carbocycles. The molecule has 128 valence electrons.